The molecule has 2 aromatic heterocycles. The fourth-order valence-corrected chi connectivity index (χ4v) is 4.15. The Balaban J connectivity index is 1.68. The monoisotopic (exact) mass is 348 g/mol. The van der Waals surface area contributed by atoms with Crippen LogP contribution in [-0.2, 0) is 23.0 Å². The van der Waals surface area contributed by atoms with Crippen LogP contribution in [0.2, 0.25) is 0 Å². The van der Waals surface area contributed by atoms with Gasteiger partial charge in [-0.2, -0.15) is 5.10 Å². The largest absolute Gasteiger partial charge is 0.264 e. The van der Waals surface area contributed by atoms with Crippen LogP contribution in [0.15, 0.2) is 30.5 Å². The quantitative estimate of drug-likeness (QED) is 0.830. The molecule has 0 spiro atoms. The first-order chi connectivity index (χ1) is 11.5. The van der Waals surface area contributed by atoms with Crippen LogP contribution in [0.1, 0.15) is 25.5 Å². The molecule has 0 atom stereocenters. The maximum atomic E-state index is 11.6. The van der Waals surface area contributed by atoms with Crippen LogP contribution in [0, 0.1) is 5.92 Å². The Bertz CT molecular complexity index is 792. The number of nitrogens with zero attached hydrogens (tertiary/aromatic N) is 4. The molecular weight excluding hydrogens is 324 g/mol. The lowest BCUT2D eigenvalue weighted by atomic mass is 9.93. The summed E-state index contributed by atoms with van der Waals surface area (Å²) in [5.74, 6) is 0.488. The average molecular weight is 348 g/mol. The summed E-state index contributed by atoms with van der Waals surface area (Å²) in [4.78, 5) is 4.79. The van der Waals surface area contributed by atoms with Crippen molar-refractivity contribution in [3.8, 4) is 11.4 Å². The minimum absolute atomic E-state index is 0.488. The fraction of sp³-hybridized carbons (Fsp3) is 0.529. The third-order valence-corrected chi connectivity index (χ3v) is 5.93. The molecule has 3 rings (SSSR count). The highest BCUT2D eigenvalue weighted by molar-refractivity contribution is 7.88. The van der Waals surface area contributed by atoms with Gasteiger partial charge in [-0.1, -0.05) is 6.07 Å². The maximum absolute atomic E-state index is 11.6. The van der Waals surface area contributed by atoms with Crippen LogP contribution in [0.5, 0.6) is 0 Å². The summed E-state index contributed by atoms with van der Waals surface area (Å²) in [6.45, 7) is 4.12. The van der Waals surface area contributed by atoms with Gasteiger partial charge in [0, 0.05) is 31.5 Å². The smallest absolute Gasteiger partial charge is 0.211 e. The molecule has 0 saturated carbocycles. The van der Waals surface area contributed by atoms with Crippen molar-refractivity contribution >= 4 is 10.0 Å². The molecule has 0 aromatic carbocycles. The van der Waals surface area contributed by atoms with Gasteiger partial charge in [-0.25, -0.2) is 12.7 Å². The molecule has 3 heterocycles. The average Bonchev–Trinajstić information content (AvgIpc) is 3.03. The summed E-state index contributed by atoms with van der Waals surface area (Å²) >= 11 is 0. The molecule has 0 N–H and O–H groups in total. The van der Waals surface area contributed by atoms with E-state index in [9.17, 15) is 8.42 Å². The molecule has 130 valence electrons. The first kappa shape index (κ1) is 17.1. The first-order valence-electron chi connectivity index (χ1n) is 8.40. The van der Waals surface area contributed by atoms with Crippen LogP contribution in [0.25, 0.3) is 11.4 Å². The zero-order chi connectivity index (χ0) is 17.2. The normalized spacial score (nSPS) is 17.2. The molecule has 1 aliphatic rings. The van der Waals surface area contributed by atoms with E-state index in [0.29, 0.717) is 19.0 Å². The Morgan fingerprint density at radius 1 is 1.21 bits per heavy atom. The topological polar surface area (TPSA) is 68.1 Å². The molecular formula is C17H24N4O2S. The highest BCUT2D eigenvalue weighted by Gasteiger charge is 2.25. The minimum Gasteiger partial charge on any atom is -0.264 e. The molecule has 1 aliphatic heterocycles. The molecule has 0 amide bonds. The predicted molar refractivity (Wildman–Crippen MR) is 94.0 cm³/mol. The number of rotatable bonds is 5. The van der Waals surface area contributed by atoms with Crippen LogP contribution >= 0.6 is 0 Å². The van der Waals surface area contributed by atoms with Gasteiger partial charge >= 0.3 is 0 Å². The standard InChI is InChI=1S/C17H24N4O2S/c1-3-21-17(7-10-18-21)16-6-4-5-15(19-16)13-14-8-11-20(12-9-14)24(2,22)23/h4-7,10,14H,3,8-9,11-13H2,1-2H3. The van der Waals surface area contributed by atoms with Gasteiger partial charge in [-0.05, 0) is 50.3 Å². The van der Waals surface area contributed by atoms with E-state index in [0.717, 1.165) is 42.9 Å². The second-order valence-corrected chi connectivity index (χ2v) is 8.34. The first-order valence-corrected chi connectivity index (χ1v) is 10.3. The Labute approximate surface area is 143 Å². The lowest BCUT2D eigenvalue weighted by molar-refractivity contribution is 0.273. The maximum Gasteiger partial charge on any atom is 0.211 e. The van der Waals surface area contributed by atoms with Crippen LogP contribution in [0.4, 0.5) is 0 Å². The van der Waals surface area contributed by atoms with Gasteiger partial charge in [0.2, 0.25) is 10.0 Å². The number of pyridine rings is 1. The number of piperidine rings is 1. The Kier molecular flexibility index (Phi) is 5.01. The fourth-order valence-electron chi connectivity index (χ4n) is 3.28. The number of hydrogen-bond acceptors (Lipinski definition) is 4. The van der Waals surface area contributed by atoms with Gasteiger partial charge in [0.15, 0.2) is 0 Å². The molecule has 0 unspecified atom stereocenters. The van der Waals surface area contributed by atoms with Crippen molar-refractivity contribution in [2.24, 2.45) is 5.92 Å². The molecule has 0 radical (unpaired) electrons. The highest BCUT2D eigenvalue weighted by atomic mass is 32.2. The lowest BCUT2D eigenvalue weighted by Gasteiger charge is -2.30. The Morgan fingerprint density at radius 2 is 1.96 bits per heavy atom. The SMILES string of the molecule is CCn1nccc1-c1cccc(CC2CCN(S(C)(=O)=O)CC2)n1. The van der Waals surface area contributed by atoms with Crippen LogP contribution < -0.4 is 0 Å². The van der Waals surface area contributed by atoms with Crippen molar-refractivity contribution in [2.45, 2.75) is 32.7 Å². The third-order valence-electron chi connectivity index (χ3n) is 4.63. The van der Waals surface area contributed by atoms with E-state index in [1.54, 1.807) is 10.5 Å². The van der Waals surface area contributed by atoms with Gasteiger partial charge in [-0.15, -0.1) is 0 Å². The summed E-state index contributed by atoms with van der Waals surface area (Å²) in [5.41, 5.74) is 3.04. The van der Waals surface area contributed by atoms with E-state index in [1.807, 2.05) is 22.9 Å². The zero-order valence-corrected chi connectivity index (χ0v) is 15.0. The van der Waals surface area contributed by atoms with Crippen molar-refractivity contribution in [3.05, 3.63) is 36.2 Å². The van der Waals surface area contributed by atoms with Crippen molar-refractivity contribution in [2.75, 3.05) is 19.3 Å². The van der Waals surface area contributed by atoms with Gasteiger partial charge in [0.05, 0.1) is 17.6 Å². The van der Waals surface area contributed by atoms with E-state index in [1.165, 1.54) is 6.26 Å². The zero-order valence-electron chi connectivity index (χ0n) is 14.2. The summed E-state index contributed by atoms with van der Waals surface area (Å²) in [6, 6.07) is 8.09. The molecule has 6 nitrogen and oxygen atoms in total. The highest BCUT2D eigenvalue weighted by Crippen LogP contribution is 2.24. The van der Waals surface area contributed by atoms with Crippen LogP contribution in [0.3, 0.4) is 0 Å². The lowest BCUT2D eigenvalue weighted by Crippen LogP contribution is -2.38. The number of aromatic nitrogens is 3. The summed E-state index contributed by atoms with van der Waals surface area (Å²) in [6.07, 6.45) is 5.77. The molecule has 1 saturated heterocycles. The Hall–Kier alpha value is -1.73. The molecule has 2 aromatic rings. The number of sulfonamides is 1. The molecule has 7 heteroatoms. The second-order valence-electron chi connectivity index (χ2n) is 6.36. The van der Waals surface area contributed by atoms with Gasteiger partial charge in [0.25, 0.3) is 0 Å². The summed E-state index contributed by atoms with van der Waals surface area (Å²) in [7, 11) is -3.06. The minimum atomic E-state index is -3.06. The predicted octanol–water partition coefficient (Wildman–Crippen LogP) is 2.18. The van der Waals surface area contributed by atoms with Gasteiger partial charge in [0.1, 0.15) is 0 Å². The van der Waals surface area contributed by atoms with Crippen molar-refractivity contribution in [1.29, 1.82) is 0 Å². The van der Waals surface area contributed by atoms with Gasteiger partial charge < -0.3 is 0 Å². The molecule has 0 bridgehead atoms. The van der Waals surface area contributed by atoms with Crippen LogP contribution in [-0.4, -0.2) is 46.8 Å². The number of hydrogen-bond donors (Lipinski definition) is 0. The molecule has 0 aliphatic carbocycles. The second kappa shape index (κ2) is 7.03. The number of aryl methyl sites for hydroxylation is 1. The van der Waals surface area contributed by atoms with E-state index in [-0.39, 0.29) is 0 Å². The van der Waals surface area contributed by atoms with E-state index in [2.05, 4.69) is 18.1 Å². The van der Waals surface area contributed by atoms with E-state index in [4.69, 9.17) is 4.98 Å². The summed E-state index contributed by atoms with van der Waals surface area (Å²) < 4.78 is 26.7. The van der Waals surface area contributed by atoms with Crippen molar-refractivity contribution in [3.63, 3.8) is 0 Å². The van der Waals surface area contributed by atoms with E-state index >= 15 is 0 Å². The summed E-state index contributed by atoms with van der Waals surface area (Å²) in [5, 5.41) is 4.30. The Morgan fingerprint density at radius 3 is 2.62 bits per heavy atom. The van der Waals surface area contributed by atoms with Gasteiger partial charge in [-0.3, -0.25) is 9.67 Å². The van der Waals surface area contributed by atoms with Crippen molar-refractivity contribution in [1.82, 2.24) is 19.1 Å². The van der Waals surface area contributed by atoms with Crippen molar-refractivity contribution < 1.29 is 8.42 Å². The molecule has 1 fully saturated rings. The van der Waals surface area contributed by atoms with E-state index < -0.39 is 10.0 Å². The molecule has 24 heavy (non-hydrogen) atoms. The third kappa shape index (κ3) is 3.84.